The lowest BCUT2D eigenvalue weighted by molar-refractivity contribution is -0.115. The van der Waals surface area contributed by atoms with Crippen LogP contribution in [0.25, 0.3) is 10.2 Å². The van der Waals surface area contributed by atoms with Crippen molar-refractivity contribution in [3.05, 3.63) is 47.5 Å². The summed E-state index contributed by atoms with van der Waals surface area (Å²) in [4.78, 5) is 28.6. The van der Waals surface area contributed by atoms with E-state index in [9.17, 15) is 9.59 Å². The van der Waals surface area contributed by atoms with Gasteiger partial charge in [0.25, 0.3) is 5.91 Å². The van der Waals surface area contributed by atoms with Crippen molar-refractivity contribution >= 4 is 38.5 Å². The summed E-state index contributed by atoms with van der Waals surface area (Å²) < 4.78 is 12.0. The first-order chi connectivity index (χ1) is 13.1. The van der Waals surface area contributed by atoms with Gasteiger partial charge < -0.3 is 20.1 Å². The highest BCUT2D eigenvalue weighted by molar-refractivity contribution is 7.22. The van der Waals surface area contributed by atoms with E-state index in [4.69, 9.17) is 9.47 Å². The number of carbonyl (C=O) groups excluding carboxylic acids is 2. The molecular formula is C19H17N3O4S. The quantitative estimate of drug-likeness (QED) is 0.723. The van der Waals surface area contributed by atoms with Gasteiger partial charge in [-0.1, -0.05) is 29.0 Å². The summed E-state index contributed by atoms with van der Waals surface area (Å²) in [6, 6.07) is 10.8. The van der Waals surface area contributed by atoms with Gasteiger partial charge in [0.05, 0.1) is 16.8 Å². The maximum Gasteiger partial charge on any atom is 0.251 e. The second kappa shape index (κ2) is 7.24. The molecule has 2 aromatic carbocycles. The zero-order valence-electron chi connectivity index (χ0n) is 14.6. The van der Waals surface area contributed by atoms with Crippen molar-refractivity contribution in [2.24, 2.45) is 0 Å². The summed E-state index contributed by atoms with van der Waals surface area (Å²) >= 11 is 1.34. The van der Waals surface area contributed by atoms with Crippen LogP contribution in [0.1, 0.15) is 15.9 Å². The molecule has 0 radical (unpaired) electrons. The van der Waals surface area contributed by atoms with E-state index in [0.717, 1.165) is 15.8 Å². The second-order valence-corrected chi connectivity index (χ2v) is 7.11. The van der Waals surface area contributed by atoms with E-state index in [0.29, 0.717) is 35.4 Å². The van der Waals surface area contributed by atoms with Gasteiger partial charge in [-0.3, -0.25) is 9.59 Å². The highest BCUT2D eigenvalue weighted by Gasteiger charge is 2.16. The predicted molar refractivity (Wildman–Crippen MR) is 103 cm³/mol. The monoisotopic (exact) mass is 383 g/mol. The third kappa shape index (κ3) is 3.85. The number of amides is 2. The van der Waals surface area contributed by atoms with E-state index < -0.39 is 0 Å². The molecule has 2 amide bonds. The minimum atomic E-state index is -0.341. The molecule has 1 aliphatic heterocycles. The zero-order valence-corrected chi connectivity index (χ0v) is 15.4. The van der Waals surface area contributed by atoms with Gasteiger partial charge in [0, 0.05) is 17.7 Å². The van der Waals surface area contributed by atoms with Crippen molar-refractivity contribution in [2.75, 3.05) is 25.1 Å². The molecule has 2 N–H and O–H groups in total. The number of thiazole rings is 1. The number of benzene rings is 2. The van der Waals surface area contributed by atoms with Crippen molar-refractivity contribution < 1.29 is 19.1 Å². The smallest absolute Gasteiger partial charge is 0.251 e. The fraction of sp³-hybridized carbons (Fsp3) is 0.211. The summed E-state index contributed by atoms with van der Waals surface area (Å²) in [7, 11) is 0. The van der Waals surface area contributed by atoms with Crippen LogP contribution in [0.4, 0.5) is 5.13 Å². The largest absolute Gasteiger partial charge is 0.486 e. The number of aryl methyl sites for hydroxylation is 1. The molecule has 0 saturated heterocycles. The molecular weight excluding hydrogens is 366 g/mol. The molecule has 0 aliphatic carbocycles. The summed E-state index contributed by atoms with van der Waals surface area (Å²) in [5.74, 6) is 0.700. The molecule has 4 rings (SSSR count). The standard InChI is InChI=1S/C19H17N3O4S/c1-11-2-4-12(5-3-11)18(24)20-10-17(23)22-19-21-13-8-14-15(9-16(13)27-19)26-7-6-25-14/h2-5,8-9H,6-7,10H2,1H3,(H,20,24)(H,21,22,23). The van der Waals surface area contributed by atoms with Crippen LogP contribution in [0.3, 0.4) is 0 Å². The first kappa shape index (κ1) is 17.3. The van der Waals surface area contributed by atoms with Crippen molar-refractivity contribution in [3.8, 4) is 11.5 Å². The molecule has 27 heavy (non-hydrogen) atoms. The molecule has 1 aliphatic rings. The van der Waals surface area contributed by atoms with Gasteiger partial charge in [0.15, 0.2) is 16.6 Å². The number of anilines is 1. The Labute approximate surface area is 159 Å². The maximum atomic E-state index is 12.1. The fourth-order valence-corrected chi connectivity index (χ4v) is 3.54. The molecule has 2 heterocycles. The highest BCUT2D eigenvalue weighted by Crippen LogP contribution is 2.37. The van der Waals surface area contributed by atoms with Gasteiger partial charge >= 0.3 is 0 Å². The molecule has 0 fully saturated rings. The van der Waals surface area contributed by atoms with Crippen LogP contribution in [-0.4, -0.2) is 36.6 Å². The third-order valence-electron chi connectivity index (χ3n) is 4.02. The molecule has 0 unspecified atom stereocenters. The number of nitrogens with one attached hydrogen (secondary N) is 2. The van der Waals surface area contributed by atoms with Gasteiger partial charge in [-0.05, 0) is 19.1 Å². The lowest BCUT2D eigenvalue weighted by Crippen LogP contribution is -2.32. The summed E-state index contributed by atoms with van der Waals surface area (Å²) in [6.07, 6.45) is 0. The van der Waals surface area contributed by atoms with E-state index in [-0.39, 0.29) is 18.4 Å². The minimum absolute atomic E-state index is 0.134. The number of ether oxygens (including phenoxy) is 2. The lowest BCUT2D eigenvalue weighted by Gasteiger charge is -2.17. The van der Waals surface area contributed by atoms with Crippen molar-refractivity contribution in [2.45, 2.75) is 6.92 Å². The Hall–Kier alpha value is -3.13. The molecule has 8 heteroatoms. The molecule has 0 saturated carbocycles. The van der Waals surface area contributed by atoms with Gasteiger partial charge in [-0.15, -0.1) is 0 Å². The van der Waals surface area contributed by atoms with Crippen LogP contribution in [-0.2, 0) is 4.79 Å². The number of rotatable bonds is 4. The predicted octanol–water partition coefficient (Wildman–Crippen LogP) is 2.74. The summed E-state index contributed by atoms with van der Waals surface area (Å²) in [5.41, 5.74) is 2.31. The Morgan fingerprint density at radius 2 is 1.81 bits per heavy atom. The maximum absolute atomic E-state index is 12.1. The summed E-state index contributed by atoms with van der Waals surface area (Å²) in [6.45, 7) is 2.83. The highest BCUT2D eigenvalue weighted by atomic mass is 32.1. The van der Waals surface area contributed by atoms with Gasteiger partial charge in [0.2, 0.25) is 5.91 Å². The topological polar surface area (TPSA) is 89.6 Å². The Bertz CT molecular complexity index is 971. The first-order valence-corrected chi connectivity index (χ1v) is 9.25. The Kier molecular flexibility index (Phi) is 4.64. The number of aromatic nitrogens is 1. The minimum Gasteiger partial charge on any atom is -0.486 e. The molecule has 0 spiro atoms. The van der Waals surface area contributed by atoms with Gasteiger partial charge in [-0.2, -0.15) is 0 Å². The van der Waals surface area contributed by atoms with Gasteiger partial charge in [-0.25, -0.2) is 4.98 Å². The van der Waals surface area contributed by atoms with Crippen LogP contribution in [0.2, 0.25) is 0 Å². The normalized spacial score (nSPS) is 12.6. The molecule has 0 atom stereocenters. The van der Waals surface area contributed by atoms with E-state index in [1.807, 2.05) is 25.1 Å². The Morgan fingerprint density at radius 3 is 2.56 bits per heavy atom. The van der Waals surface area contributed by atoms with E-state index in [2.05, 4.69) is 15.6 Å². The number of fused-ring (bicyclic) bond motifs is 2. The molecule has 7 nitrogen and oxygen atoms in total. The van der Waals surface area contributed by atoms with Crippen LogP contribution in [0.5, 0.6) is 11.5 Å². The first-order valence-electron chi connectivity index (χ1n) is 8.43. The van der Waals surface area contributed by atoms with E-state index in [1.54, 1.807) is 18.2 Å². The van der Waals surface area contributed by atoms with E-state index in [1.165, 1.54) is 11.3 Å². The zero-order chi connectivity index (χ0) is 18.8. The average molecular weight is 383 g/mol. The third-order valence-corrected chi connectivity index (χ3v) is 4.96. The van der Waals surface area contributed by atoms with E-state index >= 15 is 0 Å². The molecule has 0 bridgehead atoms. The van der Waals surface area contributed by atoms with Crippen molar-refractivity contribution in [1.82, 2.24) is 10.3 Å². The number of nitrogens with zero attached hydrogens (tertiary/aromatic N) is 1. The van der Waals surface area contributed by atoms with Crippen LogP contribution >= 0.6 is 11.3 Å². The SMILES string of the molecule is Cc1ccc(C(=O)NCC(=O)Nc2nc3cc4c(cc3s2)OCCO4)cc1. The van der Waals surface area contributed by atoms with Gasteiger partial charge in [0.1, 0.15) is 13.2 Å². The average Bonchev–Trinajstić information content (AvgIpc) is 3.05. The summed E-state index contributed by atoms with van der Waals surface area (Å²) in [5, 5.41) is 5.77. The molecule has 1 aromatic heterocycles. The van der Waals surface area contributed by atoms with Crippen LogP contribution in [0.15, 0.2) is 36.4 Å². The number of hydrogen-bond acceptors (Lipinski definition) is 6. The number of hydrogen-bond donors (Lipinski definition) is 2. The fourth-order valence-electron chi connectivity index (χ4n) is 2.65. The Balaban J connectivity index is 1.39. The van der Waals surface area contributed by atoms with Crippen LogP contribution in [0, 0.1) is 6.92 Å². The van der Waals surface area contributed by atoms with Crippen LogP contribution < -0.4 is 20.1 Å². The second-order valence-electron chi connectivity index (χ2n) is 6.08. The number of carbonyl (C=O) groups is 2. The van der Waals surface area contributed by atoms with Crippen molar-refractivity contribution in [3.63, 3.8) is 0 Å². The lowest BCUT2D eigenvalue weighted by atomic mass is 10.1. The van der Waals surface area contributed by atoms with Crippen molar-refractivity contribution in [1.29, 1.82) is 0 Å². The molecule has 138 valence electrons. The Morgan fingerprint density at radius 1 is 1.11 bits per heavy atom. The molecule has 3 aromatic rings.